The molecule has 2 aromatic heterocycles. The van der Waals surface area contributed by atoms with Crippen molar-refractivity contribution in [3.63, 3.8) is 0 Å². The molecule has 166 valence electrons. The summed E-state index contributed by atoms with van der Waals surface area (Å²) < 4.78 is 0. The van der Waals surface area contributed by atoms with E-state index in [1.165, 1.54) is 0 Å². The van der Waals surface area contributed by atoms with Gasteiger partial charge in [0.1, 0.15) is 11.9 Å². The molecule has 0 bridgehead atoms. The maximum Gasteiger partial charge on any atom is 0.251 e. The highest BCUT2D eigenvalue weighted by molar-refractivity contribution is 5.96. The SMILES string of the molecule is Cc1ccc(-c2cc(C(=O)NC(C)c3cnc(C)nc3)cc(C(O)c3ccccc3)c2)nc1. The van der Waals surface area contributed by atoms with E-state index in [-0.39, 0.29) is 11.9 Å². The molecule has 2 unspecified atom stereocenters. The minimum absolute atomic E-state index is 0.251. The van der Waals surface area contributed by atoms with Gasteiger partial charge in [0, 0.05) is 35.3 Å². The highest BCUT2D eigenvalue weighted by Gasteiger charge is 2.18. The van der Waals surface area contributed by atoms with Gasteiger partial charge in [-0.05, 0) is 61.7 Å². The van der Waals surface area contributed by atoms with Crippen molar-refractivity contribution in [1.29, 1.82) is 0 Å². The molecular formula is C27H26N4O2. The fourth-order valence-electron chi connectivity index (χ4n) is 3.54. The number of carbonyl (C=O) groups is 1. The lowest BCUT2D eigenvalue weighted by Crippen LogP contribution is -2.27. The van der Waals surface area contributed by atoms with E-state index in [0.717, 1.165) is 27.9 Å². The fourth-order valence-corrected chi connectivity index (χ4v) is 3.54. The minimum atomic E-state index is -0.869. The standard InChI is InChI=1S/C27H26N4O2/c1-17-9-10-25(30-14-17)21-11-22(26(32)20-7-5-4-6-8-20)13-23(12-21)27(33)31-18(2)24-15-28-19(3)29-16-24/h4-16,18,26,32H,1-3H3,(H,31,33). The van der Waals surface area contributed by atoms with Crippen molar-refractivity contribution in [3.05, 3.63) is 113 Å². The average Bonchev–Trinajstić information content (AvgIpc) is 2.84. The molecule has 4 rings (SSSR count). The number of carbonyl (C=O) groups excluding carboxylic acids is 1. The summed E-state index contributed by atoms with van der Waals surface area (Å²) >= 11 is 0. The van der Waals surface area contributed by atoms with Crippen LogP contribution in [0.15, 0.2) is 79.3 Å². The summed E-state index contributed by atoms with van der Waals surface area (Å²) in [4.78, 5) is 26.1. The van der Waals surface area contributed by atoms with Crippen molar-refractivity contribution in [1.82, 2.24) is 20.3 Å². The Morgan fingerprint density at radius 1 is 0.848 bits per heavy atom. The van der Waals surface area contributed by atoms with Crippen LogP contribution < -0.4 is 5.32 Å². The van der Waals surface area contributed by atoms with E-state index in [1.54, 1.807) is 30.7 Å². The molecule has 0 aliphatic rings. The molecule has 0 radical (unpaired) electrons. The van der Waals surface area contributed by atoms with Gasteiger partial charge in [-0.1, -0.05) is 36.4 Å². The van der Waals surface area contributed by atoms with E-state index < -0.39 is 6.10 Å². The lowest BCUT2D eigenvalue weighted by Gasteiger charge is -2.17. The zero-order valence-corrected chi connectivity index (χ0v) is 18.9. The Hall–Kier alpha value is -3.90. The topological polar surface area (TPSA) is 88.0 Å². The van der Waals surface area contributed by atoms with Crippen LogP contribution in [-0.4, -0.2) is 26.0 Å². The van der Waals surface area contributed by atoms with E-state index in [0.29, 0.717) is 17.0 Å². The number of hydrogen-bond acceptors (Lipinski definition) is 5. The number of aliphatic hydroxyl groups is 1. The first kappa shape index (κ1) is 22.3. The average molecular weight is 439 g/mol. The maximum atomic E-state index is 13.2. The van der Waals surface area contributed by atoms with Crippen LogP contribution in [0.4, 0.5) is 0 Å². The van der Waals surface area contributed by atoms with Gasteiger partial charge < -0.3 is 10.4 Å². The lowest BCUT2D eigenvalue weighted by atomic mass is 9.95. The van der Waals surface area contributed by atoms with Crippen molar-refractivity contribution in [2.45, 2.75) is 32.9 Å². The quantitative estimate of drug-likeness (QED) is 0.454. The molecule has 0 fully saturated rings. The number of pyridine rings is 1. The molecule has 2 atom stereocenters. The second-order valence-corrected chi connectivity index (χ2v) is 8.14. The third-order valence-electron chi connectivity index (χ3n) is 5.50. The fraction of sp³-hybridized carbons (Fsp3) is 0.185. The Morgan fingerprint density at radius 2 is 1.58 bits per heavy atom. The van der Waals surface area contributed by atoms with Gasteiger partial charge in [-0.3, -0.25) is 9.78 Å². The Morgan fingerprint density at radius 3 is 2.24 bits per heavy atom. The molecule has 1 amide bonds. The van der Waals surface area contributed by atoms with E-state index in [2.05, 4.69) is 20.3 Å². The van der Waals surface area contributed by atoms with Gasteiger partial charge in [0.25, 0.3) is 5.91 Å². The summed E-state index contributed by atoms with van der Waals surface area (Å²) in [6.45, 7) is 5.68. The van der Waals surface area contributed by atoms with Crippen LogP contribution in [-0.2, 0) is 0 Å². The number of benzene rings is 2. The van der Waals surface area contributed by atoms with Crippen LogP contribution in [0.25, 0.3) is 11.3 Å². The summed E-state index contributed by atoms with van der Waals surface area (Å²) in [6.07, 6.45) is 4.34. The van der Waals surface area contributed by atoms with Crippen molar-refractivity contribution < 1.29 is 9.90 Å². The van der Waals surface area contributed by atoms with Crippen LogP contribution >= 0.6 is 0 Å². The molecule has 2 heterocycles. The maximum absolute atomic E-state index is 13.2. The van der Waals surface area contributed by atoms with Gasteiger partial charge in [-0.15, -0.1) is 0 Å². The predicted molar refractivity (Wildman–Crippen MR) is 128 cm³/mol. The Balaban J connectivity index is 1.69. The first-order chi connectivity index (χ1) is 15.9. The zero-order valence-electron chi connectivity index (χ0n) is 18.9. The van der Waals surface area contributed by atoms with E-state index in [1.807, 2.05) is 69.3 Å². The Kier molecular flexibility index (Phi) is 6.56. The third kappa shape index (κ3) is 5.30. The third-order valence-corrected chi connectivity index (χ3v) is 5.50. The summed E-state index contributed by atoms with van der Waals surface area (Å²) in [7, 11) is 0. The molecule has 0 saturated heterocycles. The largest absolute Gasteiger partial charge is 0.384 e. The minimum Gasteiger partial charge on any atom is -0.384 e. The molecule has 0 aliphatic heterocycles. The number of rotatable bonds is 6. The van der Waals surface area contributed by atoms with Crippen LogP contribution in [0.2, 0.25) is 0 Å². The monoisotopic (exact) mass is 438 g/mol. The molecule has 6 nitrogen and oxygen atoms in total. The van der Waals surface area contributed by atoms with Crippen LogP contribution in [0.3, 0.4) is 0 Å². The number of nitrogens with zero attached hydrogens (tertiary/aromatic N) is 3. The number of amides is 1. The molecule has 2 aromatic carbocycles. The normalized spacial score (nSPS) is 12.7. The van der Waals surface area contributed by atoms with Gasteiger partial charge in [0.2, 0.25) is 0 Å². The summed E-state index contributed by atoms with van der Waals surface area (Å²) in [5, 5.41) is 14.0. The summed E-state index contributed by atoms with van der Waals surface area (Å²) in [5.74, 6) is 0.425. The number of aryl methyl sites for hydroxylation is 2. The molecule has 0 spiro atoms. The molecule has 33 heavy (non-hydrogen) atoms. The highest BCUT2D eigenvalue weighted by atomic mass is 16.3. The van der Waals surface area contributed by atoms with E-state index in [4.69, 9.17) is 0 Å². The van der Waals surface area contributed by atoms with Crippen LogP contribution in [0.1, 0.15) is 57.5 Å². The van der Waals surface area contributed by atoms with Crippen molar-refractivity contribution in [2.24, 2.45) is 0 Å². The summed E-state index contributed by atoms with van der Waals surface area (Å²) in [6, 6.07) is 18.4. The van der Waals surface area contributed by atoms with Gasteiger partial charge in [0.05, 0.1) is 11.7 Å². The second-order valence-electron chi connectivity index (χ2n) is 8.14. The predicted octanol–water partition coefficient (Wildman–Crippen LogP) is 4.73. The van der Waals surface area contributed by atoms with Crippen LogP contribution in [0, 0.1) is 13.8 Å². The molecular weight excluding hydrogens is 412 g/mol. The Bertz CT molecular complexity index is 1240. The number of aromatic nitrogens is 3. The highest BCUT2D eigenvalue weighted by Crippen LogP contribution is 2.28. The van der Waals surface area contributed by atoms with Crippen molar-refractivity contribution in [3.8, 4) is 11.3 Å². The summed E-state index contributed by atoms with van der Waals surface area (Å²) in [5.41, 5.74) is 5.18. The van der Waals surface area contributed by atoms with Gasteiger partial charge in [-0.25, -0.2) is 9.97 Å². The molecule has 4 aromatic rings. The number of nitrogens with one attached hydrogen (secondary N) is 1. The van der Waals surface area contributed by atoms with Crippen LogP contribution in [0.5, 0.6) is 0 Å². The zero-order chi connectivity index (χ0) is 23.4. The van der Waals surface area contributed by atoms with Gasteiger partial charge in [0.15, 0.2) is 0 Å². The van der Waals surface area contributed by atoms with Gasteiger partial charge in [-0.2, -0.15) is 0 Å². The number of aliphatic hydroxyl groups excluding tert-OH is 1. The lowest BCUT2D eigenvalue weighted by molar-refractivity contribution is 0.0939. The second kappa shape index (κ2) is 9.71. The smallest absolute Gasteiger partial charge is 0.251 e. The molecule has 2 N–H and O–H groups in total. The van der Waals surface area contributed by atoms with Crippen molar-refractivity contribution >= 4 is 5.91 Å². The molecule has 0 aliphatic carbocycles. The Labute approximate surface area is 193 Å². The van der Waals surface area contributed by atoms with Crippen molar-refractivity contribution in [2.75, 3.05) is 0 Å². The van der Waals surface area contributed by atoms with Gasteiger partial charge >= 0.3 is 0 Å². The first-order valence-corrected chi connectivity index (χ1v) is 10.8. The molecule has 6 heteroatoms. The van der Waals surface area contributed by atoms with E-state index in [9.17, 15) is 9.90 Å². The van der Waals surface area contributed by atoms with E-state index >= 15 is 0 Å². The number of hydrogen-bond donors (Lipinski definition) is 2. The molecule has 0 saturated carbocycles. The first-order valence-electron chi connectivity index (χ1n) is 10.8.